The van der Waals surface area contributed by atoms with E-state index in [-0.39, 0.29) is 12.4 Å². The maximum Gasteiger partial charge on any atom is 0.317 e. The number of esters is 1. The minimum Gasteiger partial charge on any atom is -0.493 e. The lowest BCUT2D eigenvalue weighted by Crippen LogP contribution is -2.27. The van der Waals surface area contributed by atoms with E-state index in [2.05, 4.69) is 0 Å². The monoisotopic (exact) mass is 404 g/mol. The fourth-order valence-electron chi connectivity index (χ4n) is 3.68. The van der Waals surface area contributed by atoms with Crippen LogP contribution in [0.2, 0.25) is 5.02 Å². The molecule has 2 aromatic rings. The van der Waals surface area contributed by atoms with E-state index in [1.54, 1.807) is 37.3 Å². The van der Waals surface area contributed by atoms with Crippen molar-refractivity contribution >= 4 is 23.4 Å². The Morgan fingerprint density at radius 3 is 2.21 bits per heavy atom. The summed E-state index contributed by atoms with van der Waals surface area (Å²) in [7, 11) is 4.45. The highest BCUT2D eigenvalue weighted by molar-refractivity contribution is 6.30. The van der Waals surface area contributed by atoms with Gasteiger partial charge < -0.3 is 18.9 Å². The standard InChI is InChI=1S/C21H21ClO6/c1-5-28-21(24)17-15(11-6-8-12(22)9-7-11)16-13(18(17)23)10-14(25-2)19(26-3)20(16)27-4/h6-10,15,17H,5H2,1-4H3/t15-,17+/m1/s1. The zero-order valence-corrected chi connectivity index (χ0v) is 16.8. The largest absolute Gasteiger partial charge is 0.493 e. The summed E-state index contributed by atoms with van der Waals surface area (Å²) in [6.07, 6.45) is 0. The number of hydrogen-bond donors (Lipinski definition) is 0. The summed E-state index contributed by atoms with van der Waals surface area (Å²) in [4.78, 5) is 25.9. The smallest absolute Gasteiger partial charge is 0.317 e. The number of ketones is 1. The van der Waals surface area contributed by atoms with Gasteiger partial charge in [0.2, 0.25) is 5.75 Å². The fourth-order valence-corrected chi connectivity index (χ4v) is 3.81. The molecule has 2 atom stereocenters. The Hall–Kier alpha value is -2.73. The predicted molar refractivity (Wildman–Crippen MR) is 104 cm³/mol. The summed E-state index contributed by atoms with van der Waals surface area (Å²) < 4.78 is 21.6. The summed E-state index contributed by atoms with van der Waals surface area (Å²) in [5, 5.41) is 0.556. The SMILES string of the molecule is CCOC(=O)[C@@H]1C(=O)c2cc(OC)c(OC)c(OC)c2[C@H]1c1ccc(Cl)cc1. The van der Waals surface area contributed by atoms with Crippen molar-refractivity contribution in [1.29, 1.82) is 0 Å². The highest BCUT2D eigenvalue weighted by Gasteiger charge is 2.49. The molecular formula is C21H21ClO6. The number of benzene rings is 2. The number of methoxy groups -OCH3 is 3. The molecule has 0 saturated carbocycles. The maximum atomic E-state index is 13.2. The number of halogens is 1. The average Bonchev–Trinajstić information content (AvgIpc) is 2.99. The molecule has 6 nitrogen and oxygen atoms in total. The van der Waals surface area contributed by atoms with Gasteiger partial charge in [0.25, 0.3) is 0 Å². The molecule has 0 bridgehead atoms. The molecule has 7 heteroatoms. The first-order valence-corrected chi connectivity index (χ1v) is 9.15. The third-order valence-corrected chi connectivity index (χ3v) is 5.08. The van der Waals surface area contributed by atoms with Gasteiger partial charge in [-0.05, 0) is 30.7 Å². The van der Waals surface area contributed by atoms with Crippen LogP contribution >= 0.6 is 11.6 Å². The molecule has 1 aliphatic carbocycles. The van der Waals surface area contributed by atoms with Crippen molar-refractivity contribution in [1.82, 2.24) is 0 Å². The Bertz CT molecular complexity index is 906. The lowest BCUT2D eigenvalue weighted by Gasteiger charge is -2.21. The van der Waals surface area contributed by atoms with Crippen LogP contribution in [0.15, 0.2) is 30.3 Å². The minimum atomic E-state index is -1.03. The van der Waals surface area contributed by atoms with Crippen LogP contribution in [0, 0.1) is 5.92 Å². The topological polar surface area (TPSA) is 71.1 Å². The van der Waals surface area contributed by atoms with Gasteiger partial charge in [-0.2, -0.15) is 0 Å². The second-order valence-corrected chi connectivity index (χ2v) is 6.67. The van der Waals surface area contributed by atoms with E-state index in [9.17, 15) is 9.59 Å². The van der Waals surface area contributed by atoms with E-state index in [0.29, 0.717) is 33.4 Å². The number of carbonyl (C=O) groups is 2. The van der Waals surface area contributed by atoms with Crippen LogP contribution in [0.25, 0.3) is 0 Å². The van der Waals surface area contributed by atoms with E-state index < -0.39 is 17.8 Å². The van der Waals surface area contributed by atoms with Gasteiger partial charge in [0.15, 0.2) is 17.3 Å². The molecule has 0 amide bonds. The van der Waals surface area contributed by atoms with Crippen molar-refractivity contribution in [3.8, 4) is 17.2 Å². The third-order valence-electron chi connectivity index (χ3n) is 4.83. The quantitative estimate of drug-likeness (QED) is 0.537. The zero-order valence-electron chi connectivity index (χ0n) is 16.1. The molecule has 0 aliphatic heterocycles. The first-order chi connectivity index (χ1) is 13.5. The normalized spacial score (nSPS) is 17.8. The van der Waals surface area contributed by atoms with Gasteiger partial charge in [-0.1, -0.05) is 23.7 Å². The van der Waals surface area contributed by atoms with Crippen LogP contribution in [0.5, 0.6) is 17.2 Å². The Balaban J connectivity index is 2.30. The first-order valence-electron chi connectivity index (χ1n) is 8.77. The molecule has 28 heavy (non-hydrogen) atoms. The van der Waals surface area contributed by atoms with E-state index in [4.69, 9.17) is 30.5 Å². The van der Waals surface area contributed by atoms with Gasteiger partial charge in [-0.15, -0.1) is 0 Å². The average molecular weight is 405 g/mol. The molecule has 0 heterocycles. The van der Waals surface area contributed by atoms with Gasteiger partial charge in [-0.25, -0.2) is 0 Å². The van der Waals surface area contributed by atoms with Gasteiger partial charge in [-0.3, -0.25) is 9.59 Å². The van der Waals surface area contributed by atoms with Crippen LogP contribution in [0.3, 0.4) is 0 Å². The molecular weight excluding hydrogens is 384 g/mol. The Labute approximate surface area is 168 Å². The minimum absolute atomic E-state index is 0.177. The lowest BCUT2D eigenvalue weighted by atomic mass is 9.85. The number of rotatable bonds is 6. The van der Waals surface area contributed by atoms with Gasteiger partial charge >= 0.3 is 5.97 Å². The van der Waals surface area contributed by atoms with Crippen LogP contribution in [0.4, 0.5) is 0 Å². The van der Waals surface area contributed by atoms with E-state index >= 15 is 0 Å². The summed E-state index contributed by atoms with van der Waals surface area (Å²) >= 11 is 6.02. The fraction of sp³-hybridized carbons (Fsp3) is 0.333. The highest BCUT2D eigenvalue weighted by Crippen LogP contribution is 2.53. The molecule has 0 spiro atoms. The second-order valence-electron chi connectivity index (χ2n) is 6.23. The Morgan fingerprint density at radius 2 is 1.68 bits per heavy atom. The molecule has 0 aromatic heterocycles. The Kier molecular flexibility index (Phi) is 5.79. The molecule has 0 fully saturated rings. The summed E-state index contributed by atoms with van der Waals surface area (Å²) in [5.74, 6) is -1.46. The molecule has 0 unspecified atom stereocenters. The Morgan fingerprint density at radius 1 is 1.04 bits per heavy atom. The van der Waals surface area contributed by atoms with E-state index in [0.717, 1.165) is 5.56 Å². The van der Waals surface area contributed by atoms with Crippen molar-refractivity contribution in [2.24, 2.45) is 5.92 Å². The molecule has 0 saturated heterocycles. The van der Waals surface area contributed by atoms with Crippen molar-refractivity contribution in [3.05, 3.63) is 52.0 Å². The number of ether oxygens (including phenoxy) is 4. The van der Waals surface area contributed by atoms with Crippen LogP contribution in [-0.2, 0) is 9.53 Å². The summed E-state index contributed by atoms with van der Waals surface area (Å²) in [6.45, 7) is 1.88. The summed E-state index contributed by atoms with van der Waals surface area (Å²) in [6, 6.07) is 8.60. The molecule has 0 N–H and O–H groups in total. The van der Waals surface area contributed by atoms with Gasteiger partial charge in [0.05, 0.1) is 27.9 Å². The predicted octanol–water partition coefficient (Wildman–Crippen LogP) is 3.87. The summed E-state index contributed by atoms with van der Waals surface area (Å²) in [5.41, 5.74) is 1.68. The first kappa shape index (κ1) is 20.0. The van der Waals surface area contributed by atoms with Crippen molar-refractivity contribution < 1.29 is 28.5 Å². The van der Waals surface area contributed by atoms with Crippen molar-refractivity contribution in [3.63, 3.8) is 0 Å². The van der Waals surface area contributed by atoms with Crippen LogP contribution < -0.4 is 14.2 Å². The van der Waals surface area contributed by atoms with Crippen LogP contribution in [0.1, 0.15) is 34.3 Å². The number of fused-ring (bicyclic) bond motifs is 1. The van der Waals surface area contributed by atoms with E-state index in [1.807, 2.05) is 0 Å². The van der Waals surface area contributed by atoms with Gasteiger partial charge in [0, 0.05) is 22.1 Å². The molecule has 1 aliphatic rings. The molecule has 0 radical (unpaired) electrons. The number of carbonyl (C=O) groups excluding carboxylic acids is 2. The van der Waals surface area contributed by atoms with Crippen LogP contribution in [-0.4, -0.2) is 39.7 Å². The molecule has 148 valence electrons. The lowest BCUT2D eigenvalue weighted by molar-refractivity contribution is -0.146. The number of Topliss-reactive ketones (excluding diaryl/α,β-unsaturated/α-hetero) is 1. The molecule has 3 rings (SSSR count). The van der Waals surface area contributed by atoms with Crippen molar-refractivity contribution in [2.75, 3.05) is 27.9 Å². The molecule has 2 aromatic carbocycles. The second kappa shape index (κ2) is 8.10. The zero-order chi connectivity index (χ0) is 20.4. The van der Waals surface area contributed by atoms with Gasteiger partial charge in [0.1, 0.15) is 5.92 Å². The highest BCUT2D eigenvalue weighted by atomic mass is 35.5. The third kappa shape index (κ3) is 3.18. The maximum absolute atomic E-state index is 13.2. The van der Waals surface area contributed by atoms with Crippen molar-refractivity contribution in [2.45, 2.75) is 12.8 Å². The number of hydrogen-bond acceptors (Lipinski definition) is 6. The van der Waals surface area contributed by atoms with E-state index in [1.165, 1.54) is 21.3 Å².